The molecule has 1 rings (SSSR count). The molecule has 43 valence electrons. The Hall–Kier alpha value is 0.220. The maximum atomic E-state index is 3.76. The Kier molecular flexibility index (Phi) is 5.16. The van der Waals surface area contributed by atoms with E-state index in [-0.39, 0.29) is 29.6 Å². The van der Waals surface area contributed by atoms with Gasteiger partial charge in [-0.2, -0.15) is 0 Å². The minimum atomic E-state index is 0. The first kappa shape index (κ1) is 9.22. The van der Waals surface area contributed by atoms with Crippen LogP contribution in [-0.4, -0.2) is 29.6 Å². The molecule has 0 saturated carbocycles. The summed E-state index contributed by atoms with van der Waals surface area (Å²) in [6, 6.07) is 10.2. The molecule has 0 spiro atoms. The first-order valence-electron chi connectivity index (χ1n) is 2.76. The van der Waals surface area contributed by atoms with Gasteiger partial charge in [0.2, 0.25) is 0 Å². The van der Waals surface area contributed by atoms with E-state index in [4.69, 9.17) is 0 Å². The van der Waals surface area contributed by atoms with Gasteiger partial charge in [0.25, 0.3) is 0 Å². The zero-order valence-electron chi connectivity index (χ0n) is 4.80. The Labute approximate surface area is 78.6 Å². The third-order valence-electron chi connectivity index (χ3n) is 1.13. The van der Waals surface area contributed by atoms with Crippen molar-refractivity contribution in [1.82, 2.24) is 0 Å². The SMILES string of the molecule is [CH2]Cc1ccccc1.[NaH]. The third-order valence-corrected chi connectivity index (χ3v) is 1.13. The van der Waals surface area contributed by atoms with Crippen molar-refractivity contribution in [3.8, 4) is 0 Å². The molecule has 0 heterocycles. The Morgan fingerprint density at radius 3 is 2.00 bits per heavy atom. The van der Waals surface area contributed by atoms with Crippen molar-refractivity contribution in [2.75, 3.05) is 0 Å². The van der Waals surface area contributed by atoms with Gasteiger partial charge in [0.1, 0.15) is 0 Å². The van der Waals surface area contributed by atoms with Crippen molar-refractivity contribution in [2.45, 2.75) is 6.42 Å². The summed E-state index contributed by atoms with van der Waals surface area (Å²) < 4.78 is 0. The van der Waals surface area contributed by atoms with Crippen LogP contribution in [0.5, 0.6) is 0 Å². The molecular weight excluding hydrogens is 119 g/mol. The first-order chi connectivity index (χ1) is 3.93. The van der Waals surface area contributed by atoms with Gasteiger partial charge in [-0.05, 0) is 18.9 Å². The van der Waals surface area contributed by atoms with Gasteiger partial charge in [-0.25, -0.2) is 0 Å². The molecular formula is C8H10Na. The summed E-state index contributed by atoms with van der Waals surface area (Å²) in [4.78, 5) is 0. The first-order valence-corrected chi connectivity index (χ1v) is 2.76. The van der Waals surface area contributed by atoms with Crippen LogP contribution in [0.25, 0.3) is 0 Å². The van der Waals surface area contributed by atoms with E-state index in [0.717, 1.165) is 6.42 Å². The summed E-state index contributed by atoms with van der Waals surface area (Å²) in [5, 5.41) is 0. The molecule has 0 aliphatic heterocycles. The predicted octanol–water partition coefficient (Wildman–Crippen LogP) is 1.41. The van der Waals surface area contributed by atoms with Crippen molar-refractivity contribution in [3.63, 3.8) is 0 Å². The summed E-state index contributed by atoms with van der Waals surface area (Å²) >= 11 is 0. The fraction of sp³-hybridized carbons (Fsp3) is 0.125. The van der Waals surface area contributed by atoms with E-state index in [1.54, 1.807) is 0 Å². The van der Waals surface area contributed by atoms with E-state index in [9.17, 15) is 0 Å². The third kappa shape index (κ3) is 3.04. The van der Waals surface area contributed by atoms with E-state index >= 15 is 0 Å². The molecule has 1 aromatic rings. The number of hydrogen-bond acceptors (Lipinski definition) is 0. The monoisotopic (exact) mass is 129 g/mol. The Morgan fingerprint density at radius 1 is 1.11 bits per heavy atom. The molecule has 1 aromatic carbocycles. The molecule has 0 atom stereocenters. The van der Waals surface area contributed by atoms with E-state index in [0.29, 0.717) is 0 Å². The van der Waals surface area contributed by atoms with Gasteiger partial charge in [-0.3, -0.25) is 0 Å². The average Bonchev–Trinajstić information content (AvgIpc) is 1.90. The van der Waals surface area contributed by atoms with Crippen LogP contribution in [0.15, 0.2) is 30.3 Å². The van der Waals surface area contributed by atoms with Crippen molar-refractivity contribution in [2.24, 2.45) is 0 Å². The number of hydrogen-bond donors (Lipinski definition) is 0. The van der Waals surface area contributed by atoms with Crippen LogP contribution < -0.4 is 0 Å². The molecule has 0 aromatic heterocycles. The second kappa shape index (κ2) is 5.04. The van der Waals surface area contributed by atoms with E-state index in [1.807, 2.05) is 18.2 Å². The van der Waals surface area contributed by atoms with Crippen LogP contribution in [-0.2, 0) is 6.42 Å². The van der Waals surface area contributed by atoms with Crippen LogP contribution in [0.1, 0.15) is 5.56 Å². The van der Waals surface area contributed by atoms with E-state index < -0.39 is 0 Å². The molecule has 0 aliphatic rings. The van der Waals surface area contributed by atoms with Crippen molar-refractivity contribution < 1.29 is 0 Å². The number of benzene rings is 1. The molecule has 0 N–H and O–H groups in total. The van der Waals surface area contributed by atoms with Crippen LogP contribution in [0.2, 0.25) is 0 Å². The molecule has 1 radical (unpaired) electrons. The van der Waals surface area contributed by atoms with Crippen molar-refractivity contribution in [1.29, 1.82) is 0 Å². The molecule has 0 nitrogen and oxygen atoms in total. The summed E-state index contributed by atoms with van der Waals surface area (Å²) in [6.07, 6.45) is 0.890. The number of rotatable bonds is 1. The molecule has 0 bridgehead atoms. The maximum absolute atomic E-state index is 3.76. The van der Waals surface area contributed by atoms with E-state index in [2.05, 4.69) is 19.1 Å². The van der Waals surface area contributed by atoms with Gasteiger partial charge in [0.05, 0.1) is 0 Å². The molecule has 0 unspecified atom stereocenters. The molecule has 0 saturated heterocycles. The molecule has 0 fully saturated rings. The second-order valence-electron chi connectivity index (χ2n) is 1.74. The Morgan fingerprint density at radius 2 is 1.67 bits per heavy atom. The second-order valence-corrected chi connectivity index (χ2v) is 1.74. The van der Waals surface area contributed by atoms with Gasteiger partial charge >= 0.3 is 29.6 Å². The fourth-order valence-electron chi connectivity index (χ4n) is 0.645. The minimum absolute atomic E-state index is 0. The molecule has 1 heteroatoms. The van der Waals surface area contributed by atoms with Gasteiger partial charge in [0.15, 0.2) is 0 Å². The Bertz CT molecular complexity index is 146. The zero-order valence-corrected chi connectivity index (χ0v) is 4.80. The molecule has 0 aliphatic carbocycles. The van der Waals surface area contributed by atoms with Crippen LogP contribution in [0.3, 0.4) is 0 Å². The van der Waals surface area contributed by atoms with Gasteiger partial charge in [-0.15, -0.1) is 0 Å². The van der Waals surface area contributed by atoms with Gasteiger partial charge < -0.3 is 0 Å². The predicted molar refractivity (Wildman–Crippen MR) is 42.7 cm³/mol. The van der Waals surface area contributed by atoms with Gasteiger partial charge in [0, 0.05) is 0 Å². The fourth-order valence-corrected chi connectivity index (χ4v) is 0.645. The molecule has 9 heavy (non-hydrogen) atoms. The Balaban J connectivity index is 0.000000640. The van der Waals surface area contributed by atoms with Crippen molar-refractivity contribution in [3.05, 3.63) is 42.8 Å². The molecule has 0 amide bonds. The summed E-state index contributed by atoms with van der Waals surface area (Å²) in [5.74, 6) is 0. The van der Waals surface area contributed by atoms with Crippen LogP contribution >= 0.6 is 0 Å². The van der Waals surface area contributed by atoms with Crippen LogP contribution in [0, 0.1) is 6.92 Å². The van der Waals surface area contributed by atoms with Gasteiger partial charge in [-0.1, -0.05) is 30.3 Å². The van der Waals surface area contributed by atoms with E-state index in [1.165, 1.54) is 5.56 Å². The van der Waals surface area contributed by atoms with Crippen molar-refractivity contribution >= 4 is 29.6 Å². The standard InChI is InChI=1S/C8H9.Na.H/c1-2-8-6-4-3-5-7-8;;/h3-7H,1-2H2;;. The quantitative estimate of drug-likeness (QED) is 0.503. The zero-order chi connectivity index (χ0) is 5.82. The average molecular weight is 129 g/mol. The topological polar surface area (TPSA) is 0 Å². The normalized spacial score (nSPS) is 8.11. The van der Waals surface area contributed by atoms with Crippen LogP contribution in [0.4, 0.5) is 0 Å². The summed E-state index contributed by atoms with van der Waals surface area (Å²) in [6.45, 7) is 3.76. The summed E-state index contributed by atoms with van der Waals surface area (Å²) in [5.41, 5.74) is 1.30. The summed E-state index contributed by atoms with van der Waals surface area (Å²) in [7, 11) is 0.